The maximum atomic E-state index is 13.5. The zero-order valence-electron chi connectivity index (χ0n) is 10.6. The van der Waals surface area contributed by atoms with Gasteiger partial charge in [0.2, 0.25) is 11.9 Å². The van der Waals surface area contributed by atoms with Crippen molar-refractivity contribution in [2.24, 2.45) is 0 Å². The molecule has 0 radical (unpaired) electrons. The normalized spacial score (nSPS) is 10.3. The molecular formula is C12H12ClFN4O2. The van der Waals surface area contributed by atoms with Crippen LogP contribution in [0.2, 0.25) is 5.02 Å². The molecule has 1 heterocycles. The summed E-state index contributed by atoms with van der Waals surface area (Å²) >= 11 is 5.85. The van der Waals surface area contributed by atoms with Gasteiger partial charge in [-0.2, -0.15) is 4.98 Å². The number of nitrogens with zero attached hydrogens (tertiary/aromatic N) is 2. The molecule has 1 amide bonds. The maximum absolute atomic E-state index is 13.5. The molecule has 0 fully saturated rings. The first-order valence-corrected chi connectivity index (χ1v) is 6.26. The first-order chi connectivity index (χ1) is 9.60. The minimum atomic E-state index is -0.528. The molecule has 0 saturated carbocycles. The van der Waals surface area contributed by atoms with E-state index in [9.17, 15) is 9.18 Å². The lowest BCUT2D eigenvalue weighted by molar-refractivity contribution is -0.115. The summed E-state index contributed by atoms with van der Waals surface area (Å²) in [6.45, 7) is 2.20. The van der Waals surface area contributed by atoms with E-state index in [1.165, 1.54) is 18.2 Å². The van der Waals surface area contributed by atoms with Crippen LogP contribution in [-0.2, 0) is 11.2 Å². The van der Waals surface area contributed by atoms with E-state index in [2.05, 4.69) is 20.5 Å². The number of anilines is 1. The molecule has 2 N–H and O–H groups in total. The number of rotatable bonds is 5. The lowest BCUT2D eigenvalue weighted by Gasteiger charge is -2.05. The van der Waals surface area contributed by atoms with E-state index in [4.69, 9.17) is 16.3 Å². The Morgan fingerprint density at radius 2 is 2.35 bits per heavy atom. The van der Waals surface area contributed by atoms with Crippen LogP contribution in [0.3, 0.4) is 0 Å². The van der Waals surface area contributed by atoms with Gasteiger partial charge in [0.1, 0.15) is 5.82 Å². The lowest BCUT2D eigenvalue weighted by Crippen LogP contribution is -2.16. The Balaban J connectivity index is 2.01. The quantitative estimate of drug-likeness (QED) is 0.886. The number of hydrogen-bond acceptors (Lipinski definition) is 4. The average molecular weight is 299 g/mol. The SMILES string of the molecule is CCOc1n[nH]c(NC(=O)Cc2c(F)cccc2Cl)n1. The van der Waals surface area contributed by atoms with Crippen molar-refractivity contribution in [3.63, 3.8) is 0 Å². The van der Waals surface area contributed by atoms with Gasteiger partial charge in [0.15, 0.2) is 0 Å². The van der Waals surface area contributed by atoms with Crippen LogP contribution < -0.4 is 10.1 Å². The third-order valence-corrected chi connectivity index (χ3v) is 2.75. The summed E-state index contributed by atoms with van der Waals surface area (Å²) in [5.41, 5.74) is 0.135. The first-order valence-electron chi connectivity index (χ1n) is 5.88. The summed E-state index contributed by atoms with van der Waals surface area (Å²) in [4.78, 5) is 15.7. The molecule has 0 aliphatic heterocycles. The molecule has 0 aliphatic carbocycles. The van der Waals surface area contributed by atoms with E-state index in [-0.39, 0.29) is 29.0 Å². The Kier molecular flexibility index (Phi) is 4.52. The van der Waals surface area contributed by atoms with Crippen molar-refractivity contribution in [2.75, 3.05) is 11.9 Å². The van der Waals surface area contributed by atoms with E-state index < -0.39 is 11.7 Å². The van der Waals surface area contributed by atoms with E-state index in [1.807, 2.05) is 0 Å². The highest BCUT2D eigenvalue weighted by Gasteiger charge is 2.13. The minimum absolute atomic E-state index is 0.130. The molecule has 0 aliphatic rings. The Morgan fingerprint density at radius 1 is 1.55 bits per heavy atom. The summed E-state index contributed by atoms with van der Waals surface area (Å²) in [6, 6.07) is 4.38. The van der Waals surface area contributed by atoms with Crippen LogP contribution in [0.1, 0.15) is 12.5 Å². The third-order valence-electron chi connectivity index (χ3n) is 2.40. The smallest absolute Gasteiger partial charge is 0.337 e. The van der Waals surface area contributed by atoms with Crippen molar-refractivity contribution in [3.05, 3.63) is 34.6 Å². The van der Waals surface area contributed by atoms with E-state index in [0.29, 0.717) is 6.61 Å². The largest absolute Gasteiger partial charge is 0.463 e. The maximum Gasteiger partial charge on any atom is 0.337 e. The van der Waals surface area contributed by atoms with Crippen LogP contribution in [0.4, 0.5) is 10.3 Å². The van der Waals surface area contributed by atoms with E-state index in [0.717, 1.165) is 0 Å². The highest BCUT2D eigenvalue weighted by atomic mass is 35.5. The van der Waals surface area contributed by atoms with Gasteiger partial charge in [0.05, 0.1) is 13.0 Å². The molecule has 6 nitrogen and oxygen atoms in total. The van der Waals surface area contributed by atoms with Gasteiger partial charge in [-0.15, -0.1) is 5.10 Å². The van der Waals surface area contributed by atoms with Crippen LogP contribution >= 0.6 is 11.6 Å². The van der Waals surface area contributed by atoms with Gasteiger partial charge in [-0.05, 0) is 19.1 Å². The number of benzene rings is 1. The number of carbonyl (C=O) groups is 1. The molecule has 0 atom stereocenters. The predicted molar refractivity (Wildman–Crippen MR) is 71.3 cm³/mol. The molecule has 20 heavy (non-hydrogen) atoms. The van der Waals surface area contributed by atoms with Gasteiger partial charge in [-0.3, -0.25) is 10.1 Å². The summed E-state index contributed by atoms with van der Waals surface area (Å²) in [6.07, 6.45) is -0.198. The molecule has 0 bridgehead atoms. The van der Waals surface area contributed by atoms with Crippen molar-refractivity contribution in [1.82, 2.24) is 15.2 Å². The van der Waals surface area contributed by atoms with Crippen LogP contribution in [0.15, 0.2) is 18.2 Å². The van der Waals surface area contributed by atoms with Gasteiger partial charge >= 0.3 is 6.01 Å². The number of carbonyl (C=O) groups excluding carboxylic acids is 1. The average Bonchev–Trinajstić information content (AvgIpc) is 2.82. The number of aromatic amines is 1. The molecule has 106 valence electrons. The van der Waals surface area contributed by atoms with Gasteiger partial charge in [-0.25, -0.2) is 9.49 Å². The summed E-state index contributed by atoms with van der Waals surface area (Å²) in [5.74, 6) is -0.859. The highest BCUT2D eigenvalue weighted by molar-refractivity contribution is 6.31. The fourth-order valence-electron chi connectivity index (χ4n) is 1.53. The zero-order chi connectivity index (χ0) is 14.5. The molecule has 0 saturated heterocycles. The first kappa shape index (κ1) is 14.3. The second-order valence-corrected chi connectivity index (χ2v) is 4.23. The number of nitrogens with one attached hydrogen (secondary N) is 2. The molecule has 2 rings (SSSR count). The van der Waals surface area contributed by atoms with Gasteiger partial charge in [0.25, 0.3) is 0 Å². The summed E-state index contributed by atoms with van der Waals surface area (Å²) in [7, 11) is 0. The molecule has 8 heteroatoms. The predicted octanol–water partition coefficient (Wildman–Crippen LogP) is 2.18. The standard InChI is InChI=1S/C12H12ClFN4O2/c1-2-20-12-16-11(17-18-12)15-10(19)6-7-8(13)4-3-5-9(7)14/h3-5H,2,6H2,1H3,(H2,15,16,17,18,19). The topological polar surface area (TPSA) is 79.9 Å². The fourth-order valence-corrected chi connectivity index (χ4v) is 1.76. The molecule has 0 spiro atoms. The molecule has 1 aromatic carbocycles. The number of ether oxygens (including phenoxy) is 1. The second-order valence-electron chi connectivity index (χ2n) is 3.82. The van der Waals surface area contributed by atoms with Gasteiger partial charge in [0, 0.05) is 10.6 Å². The Bertz CT molecular complexity index is 597. The van der Waals surface area contributed by atoms with Crippen molar-refractivity contribution < 1.29 is 13.9 Å². The van der Waals surface area contributed by atoms with Crippen molar-refractivity contribution in [2.45, 2.75) is 13.3 Å². The van der Waals surface area contributed by atoms with Crippen molar-refractivity contribution >= 4 is 23.5 Å². The molecule has 2 aromatic rings. The minimum Gasteiger partial charge on any atom is -0.463 e. The van der Waals surface area contributed by atoms with Crippen LogP contribution in [0.5, 0.6) is 6.01 Å². The van der Waals surface area contributed by atoms with Gasteiger partial charge < -0.3 is 4.74 Å². The van der Waals surface area contributed by atoms with Crippen LogP contribution in [0.25, 0.3) is 0 Å². The van der Waals surface area contributed by atoms with E-state index >= 15 is 0 Å². The fraction of sp³-hybridized carbons (Fsp3) is 0.250. The van der Waals surface area contributed by atoms with Crippen molar-refractivity contribution in [1.29, 1.82) is 0 Å². The number of H-pyrrole nitrogens is 1. The third kappa shape index (κ3) is 3.45. The Labute approximate surface area is 119 Å². The van der Waals surface area contributed by atoms with Crippen LogP contribution in [0, 0.1) is 5.82 Å². The lowest BCUT2D eigenvalue weighted by atomic mass is 10.1. The van der Waals surface area contributed by atoms with E-state index in [1.54, 1.807) is 6.92 Å². The van der Waals surface area contributed by atoms with Crippen LogP contribution in [-0.4, -0.2) is 27.7 Å². The molecule has 1 aromatic heterocycles. The summed E-state index contributed by atoms with van der Waals surface area (Å²) < 4.78 is 18.6. The molecule has 0 unspecified atom stereocenters. The zero-order valence-corrected chi connectivity index (χ0v) is 11.4. The van der Waals surface area contributed by atoms with Gasteiger partial charge in [-0.1, -0.05) is 17.7 Å². The Hall–Kier alpha value is -2.15. The number of halogens is 2. The Morgan fingerprint density at radius 3 is 3.05 bits per heavy atom. The number of hydrogen-bond donors (Lipinski definition) is 2. The number of aromatic nitrogens is 3. The van der Waals surface area contributed by atoms with Crippen molar-refractivity contribution in [3.8, 4) is 6.01 Å². The molecular weight excluding hydrogens is 287 g/mol. The monoisotopic (exact) mass is 298 g/mol. The second kappa shape index (κ2) is 6.33. The number of amides is 1. The summed E-state index contributed by atoms with van der Waals surface area (Å²) in [5, 5.41) is 8.87. The highest BCUT2D eigenvalue weighted by Crippen LogP contribution is 2.19.